The van der Waals surface area contributed by atoms with Crippen LogP contribution in [0.15, 0.2) is 54.2 Å². The van der Waals surface area contributed by atoms with Crippen molar-refractivity contribution in [3.63, 3.8) is 0 Å². The largest absolute Gasteiger partial charge is 0.329 e. The maximum Gasteiger partial charge on any atom is 0.329 e. The third-order valence-electron chi connectivity index (χ3n) is 3.81. The van der Waals surface area contributed by atoms with Gasteiger partial charge in [0.15, 0.2) is 0 Å². The third-order valence-corrected chi connectivity index (χ3v) is 3.81. The summed E-state index contributed by atoms with van der Waals surface area (Å²) in [5.74, 6) is -1.79. The summed E-state index contributed by atoms with van der Waals surface area (Å²) in [5.41, 5.74) is 0.606. The number of benzene rings is 2. The summed E-state index contributed by atoms with van der Waals surface area (Å²) in [4.78, 5) is 47.2. The van der Waals surface area contributed by atoms with Crippen molar-refractivity contribution < 1.29 is 23.7 Å². The Morgan fingerprint density at radius 2 is 1.79 bits per heavy atom. The highest BCUT2D eigenvalue weighted by Gasteiger charge is 2.34. The maximum absolute atomic E-state index is 12.9. The molecule has 0 atom stereocenters. The first-order chi connectivity index (χ1) is 13.3. The molecule has 10 heteroatoms. The van der Waals surface area contributed by atoms with Crippen molar-refractivity contribution in [1.29, 1.82) is 0 Å². The van der Waals surface area contributed by atoms with Crippen molar-refractivity contribution >= 4 is 35.3 Å². The molecular weight excluding hydrogens is 371 g/mol. The molecule has 9 nitrogen and oxygen atoms in total. The molecule has 4 amide bonds. The van der Waals surface area contributed by atoms with Crippen LogP contribution in [0.4, 0.5) is 20.6 Å². The molecule has 28 heavy (non-hydrogen) atoms. The molecule has 0 radical (unpaired) electrons. The number of non-ortho nitro benzene ring substituents is 1. The predicted octanol–water partition coefficient (Wildman–Crippen LogP) is 2.27. The van der Waals surface area contributed by atoms with Gasteiger partial charge in [0.2, 0.25) is 5.91 Å². The molecule has 0 aromatic heterocycles. The van der Waals surface area contributed by atoms with Crippen LogP contribution >= 0.6 is 0 Å². The lowest BCUT2D eigenvalue weighted by Crippen LogP contribution is -2.38. The number of amides is 4. The first-order valence-electron chi connectivity index (χ1n) is 7.98. The normalized spacial score (nSPS) is 14.9. The molecule has 0 aliphatic carbocycles. The number of rotatable bonds is 5. The van der Waals surface area contributed by atoms with E-state index in [-0.39, 0.29) is 17.1 Å². The molecule has 2 aromatic rings. The molecule has 0 unspecified atom stereocenters. The summed E-state index contributed by atoms with van der Waals surface area (Å²) in [6.07, 6.45) is 1.37. The van der Waals surface area contributed by atoms with Gasteiger partial charge in [-0.1, -0.05) is 12.1 Å². The number of nitro groups is 1. The molecule has 2 aromatic carbocycles. The van der Waals surface area contributed by atoms with Gasteiger partial charge in [0.1, 0.15) is 18.1 Å². The van der Waals surface area contributed by atoms with E-state index in [1.54, 1.807) is 0 Å². The van der Waals surface area contributed by atoms with Crippen LogP contribution in [0.3, 0.4) is 0 Å². The zero-order valence-electron chi connectivity index (χ0n) is 14.2. The van der Waals surface area contributed by atoms with E-state index in [1.807, 2.05) is 0 Å². The number of nitrogens with one attached hydrogen (secondary N) is 2. The van der Waals surface area contributed by atoms with Gasteiger partial charge < -0.3 is 10.6 Å². The number of halogens is 1. The van der Waals surface area contributed by atoms with Gasteiger partial charge in [0, 0.05) is 17.8 Å². The predicted molar refractivity (Wildman–Crippen MR) is 96.3 cm³/mol. The average molecular weight is 384 g/mol. The van der Waals surface area contributed by atoms with Gasteiger partial charge in [0.05, 0.1) is 4.92 Å². The Kier molecular flexibility index (Phi) is 5.12. The van der Waals surface area contributed by atoms with E-state index in [2.05, 4.69) is 10.6 Å². The zero-order chi connectivity index (χ0) is 20.3. The van der Waals surface area contributed by atoms with Crippen molar-refractivity contribution in [3.05, 3.63) is 75.7 Å². The second kappa shape index (κ2) is 7.66. The third kappa shape index (κ3) is 4.18. The number of hydrogen-bond acceptors (Lipinski definition) is 5. The molecule has 1 saturated heterocycles. The molecule has 1 fully saturated rings. The summed E-state index contributed by atoms with van der Waals surface area (Å²) in [6, 6.07) is 9.63. The first kappa shape index (κ1) is 18.7. The Labute approximate surface area is 157 Å². The van der Waals surface area contributed by atoms with Gasteiger partial charge in [0.25, 0.3) is 11.6 Å². The van der Waals surface area contributed by atoms with Crippen molar-refractivity contribution in [3.8, 4) is 0 Å². The quantitative estimate of drug-likeness (QED) is 0.354. The van der Waals surface area contributed by atoms with E-state index in [0.29, 0.717) is 5.56 Å². The Bertz CT molecular complexity index is 986. The molecule has 1 heterocycles. The Morgan fingerprint density at radius 3 is 2.39 bits per heavy atom. The van der Waals surface area contributed by atoms with E-state index in [9.17, 15) is 28.9 Å². The van der Waals surface area contributed by atoms with Crippen LogP contribution in [0.5, 0.6) is 0 Å². The van der Waals surface area contributed by atoms with Gasteiger partial charge in [-0.15, -0.1) is 0 Å². The van der Waals surface area contributed by atoms with Gasteiger partial charge in [-0.2, -0.15) is 0 Å². The lowest BCUT2D eigenvalue weighted by atomic mass is 10.2. The van der Waals surface area contributed by atoms with Crippen molar-refractivity contribution in [2.75, 3.05) is 11.9 Å². The topological polar surface area (TPSA) is 122 Å². The molecular formula is C18H13FN4O5. The van der Waals surface area contributed by atoms with Gasteiger partial charge >= 0.3 is 6.03 Å². The fraction of sp³-hybridized carbons (Fsp3) is 0.0556. The van der Waals surface area contributed by atoms with E-state index in [0.717, 1.165) is 4.90 Å². The molecule has 3 rings (SSSR count). The molecule has 1 aliphatic rings. The van der Waals surface area contributed by atoms with E-state index >= 15 is 0 Å². The smallest absolute Gasteiger partial charge is 0.325 e. The minimum Gasteiger partial charge on any atom is -0.325 e. The van der Waals surface area contributed by atoms with E-state index < -0.39 is 35.1 Å². The van der Waals surface area contributed by atoms with E-state index in [1.165, 1.54) is 54.6 Å². The number of urea groups is 1. The number of carbonyl (C=O) groups excluding carboxylic acids is 3. The summed E-state index contributed by atoms with van der Waals surface area (Å²) < 4.78 is 12.9. The van der Waals surface area contributed by atoms with Crippen LogP contribution in [0, 0.1) is 15.9 Å². The number of nitro benzene ring substituents is 1. The average Bonchev–Trinajstić information content (AvgIpc) is 2.91. The Balaban J connectivity index is 1.65. The summed E-state index contributed by atoms with van der Waals surface area (Å²) >= 11 is 0. The highest BCUT2D eigenvalue weighted by molar-refractivity contribution is 6.15. The van der Waals surface area contributed by atoms with Crippen LogP contribution in [0.25, 0.3) is 6.08 Å². The van der Waals surface area contributed by atoms with Crippen molar-refractivity contribution in [1.82, 2.24) is 10.2 Å². The Morgan fingerprint density at radius 1 is 1.14 bits per heavy atom. The number of imide groups is 1. The second-order valence-electron chi connectivity index (χ2n) is 5.78. The standard InChI is InChI=1S/C18H13FN4O5/c19-12-3-1-11(2-4-12)9-15-17(25)22(18(26)21-15)10-16(24)20-13-5-7-14(8-6-13)23(27)28/h1-9H,10H2,(H,20,24)(H,21,26)/b15-9-. The second-order valence-corrected chi connectivity index (χ2v) is 5.78. The number of nitrogens with zero attached hydrogens (tertiary/aromatic N) is 2. The van der Waals surface area contributed by atoms with Crippen LogP contribution in [0.1, 0.15) is 5.56 Å². The monoisotopic (exact) mass is 384 g/mol. The van der Waals surface area contributed by atoms with Gasteiger partial charge in [-0.05, 0) is 35.9 Å². The molecule has 0 bridgehead atoms. The maximum atomic E-state index is 12.9. The molecule has 0 saturated carbocycles. The van der Waals surface area contributed by atoms with Crippen molar-refractivity contribution in [2.45, 2.75) is 0 Å². The van der Waals surface area contributed by atoms with Gasteiger partial charge in [-0.3, -0.25) is 19.7 Å². The number of anilines is 1. The molecule has 1 aliphatic heterocycles. The zero-order valence-corrected chi connectivity index (χ0v) is 14.2. The van der Waals surface area contributed by atoms with Crippen molar-refractivity contribution in [2.24, 2.45) is 0 Å². The van der Waals surface area contributed by atoms with Gasteiger partial charge in [-0.25, -0.2) is 14.1 Å². The van der Waals surface area contributed by atoms with Crippen LogP contribution in [0.2, 0.25) is 0 Å². The highest BCUT2D eigenvalue weighted by atomic mass is 19.1. The fourth-order valence-corrected chi connectivity index (χ4v) is 2.45. The highest BCUT2D eigenvalue weighted by Crippen LogP contribution is 2.17. The summed E-state index contributed by atoms with van der Waals surface area (Å²) in [5, 5.41) is 15.4. The summed E-state index contributed by atoms with van der Waals surface area (Å²) in [7, 11) is 0. The molecule has 2 N–H and O–H groups in total. The fourth-order valence-electron chi connectivity index (χ4n) is 2.45. The number of carbonyl (C=O) groups is 3. The minimum absolute atomic E-state index is 0.0419. The minimum atomic E-state index is -0.766. The lowest BCUT2D eigenvalue weighted by Gasteiger charge is -2.11. The van der Waals surface area contributed by atoms with Crippen LogP contribution in [-0.4, -0.2) is 34.2 Å². The SMILES string of the molecule is O=C(CN1C(=O)N/C(=C\c2ccc(F)cc2)C1=O)Nc1ccc([N+](=O)[O-])cc1. The van der Waals surface area contributed by atoms with Crippen LogP contribution < -0.4 is 10.6 Å². The molecule has 0 spiro atoms. The lowest BCUT2D eigenvalue weighted by molar-refractivity contribution is -0.384. The van der Waals surface area contributed by atoms with Crippen LogP contribution in [-0.2, 0) is 9.59 Å². The van der Waals surface area contributed by atoms with E-state index in [4.69, 9.17) is 0 Å². The molecule has 142 valence electrons. The first-order valence-corrected chi connectivity index (χ1v) is 7.98. The summed E-state index contributed by atoms with van der Waals surface area (Å²) in [6.45, 7) is -0.539. The Hall–Kier alpha value is -4.08. The number of hydrogen-bond donors (Lipinski definition) is 2.